The van der Waals surface area contributed by atoms with Crippen LogP contribution < -0.4 is 0 Å². The molecule has 0 aliphatic rings. The molecule has 0 aliphatic carbocycles. The quantitative estimate of drug-likeness (QED) is 0.176. The van der Waals surface area contributed by atoms with E-state index >= 15 is 0 Å². The van der Waals surface area contributed by atoms with Crippen molar-refractivity contribution in [3.8, 4) is 33.0 Å². The van der Waals surface area contributed by atoms with Crippen molar-refractivity contribution in [3.63, 3.8) is 0 Å². The van der Waals surface area contributed by atoms with Gasteiger partial charge in [0.1, 0.15) is 11.1 Å². The highest BCUT2D eigenvalue weighted by Gasteiger charge is 2.30. The number of carbonyl (C=O) groups is 1. The van der Waals surface area contributed by atoms with E-state index < -0.39 is 18.3 Å². The molecule has 0 saturated carbocycles. The highest BCUT2D eigenvalue weighted by molar-refractivity contribution is 7.22. The Kier molecular flexibility index (Phi) is 7.82. The van der Waals surface area contributed by atoms with Crippen LogP contribution in [0.1, 0.15) is 51.5 Å². The summed E-state index contributed by atoms with van der Waals surface area (Å²) in [4.78, 5) is 22.6. The molecule has 6 aromatic rings. The fourth-order valence-corrected chi connectivity index (χ4v) is 6.55. The maximum Gasteiger partial charge on any atom is 0.333 e. The lowest BCUT2D eigenvalue weighted by molar-refractivity contribution is -0.138. The third-order valence-corrected chi connectivity index (χ3v) is 8.58. The van der Waals surface area contributed by atoms with Crippen LogP contribution >= 0.6 is 22.9 Å². The SMILES string of the molecule is CC(=O)[C@@H](OC(C)(C)C)c1c(C)cc2nc(-c3ccnc(-c4ccc5nn(C(F)F)cc5c4)c3)sc2c1-c1ccc(Cl)cc1. The number of hydrogen-bond acceptors (Lipinski definition) is 6. The van der Waals surface area contributed by atoms with Crippen LogP contribution in [0.2, 0.25) is 5.02 Å². The molecular weight excluding hydrogens is 602 g/mol. The first kappa shape index (κ1) is 30.0. The van der Waals surface area contributed by atoms with E-state index in [1.807, 2.05) is 76.2 Å². The molecule has 3 aromatic heterocycles. The molecule has 10 heteroatoms. The lowest BCUT2D eigenvalue weighted by Crippen LogP contribution is -2.27. The fraction of sp³-hybridized carbons (Fsp3) is 0.235. The van der Waals surface area contributed by atoms with E-state index in [1.165, 1.54) is 17.5 Å². The molecule has 0 aliphatic heterocycles. The third kappa shape index (κ3) is 5.87. The minimum atomic E-state index is -2.71. The van der Waals surface area contributed by atoms with Crippen molar-refractivity contribution in [1.29, 1.82) is 0 Å². The number of aryl methyl sites for hydroxylation is 1. The maximum atomic E-state index is 13.2. The molecule has 44 heavy (non-hydrogen) atoms. The van der Waals surface area contributed by atoms with Crippen molar-refractivity contribution < 1.29 is 18.3 Å². The van der Waals surface area contributed by atoms with Crippen LogP contribution in [0.3, 0.4) is 0 Å². The van der Waals surface area contributed by atoms with Crippen LogP contribution in [0.15, 0.2) is 73.1 Å². The zero-order chi connectivity index (χ0) is 31.3. The number of alkyl halides is 2. The van der Waals surface area contributed by atoms with Crippen molar-refractivity contribution in [2.75, 3.05) is 0 Å². The van der Waals surface area contributed by atoms with Crippen molar-refractivity contribution in [2.45, 2.75) is 52.9 Å². The first-order chi connectivity index (χ1) is 20.9. The first-order valence-corrected chi connectivity index (χ1v) is 15.2. The average molecular weight is 631 g/mol. The normalized spacial score (nSPS) is 12.8. The van der Waals surface area contributed by atoms with Crippen LogP contribution in [-0.2, 0) is 9.53 Å². The molecule has 0 N–H and O–H groups in total. The zero-order valence-electron chi connectivity index (χ0n) is 24.7. The van der Waals surface area contributed by atoms with E-state index in [0.29, 0.717) is 26.3 Å². The van der Waals surface area contributed by atoms with Gasteiger partial charge in [0.15, 0.2) is 5.78 Å². The van der Waals surface area contributed by atoms with E-state index in [2.05, 4.69) is 10.1 Å². The van der Waals surface area contributed by atoms with Gasteiger partial charge in [-0.3, -0.25) is 9.78 Å². The minimum absolute atomic E-state index is 0.0860. The number of fused-ring (bicyclic) bond motifs is 2. The molecule has 0 saturated heterocycles. The van der Waals surface area contributed by atoms with Crippen LogP contribution in [0, 0.1) is 6.92 Å². The standard InChI is InChI=1S/C34H29ClF2N4O2S/c1-18-14-27-31(29(20-6-9-24(35)10-7-20)28(18)30(19(2)42)43-34(3,4)5)44-32(39-27)22-12-13-38-26(16-22)21-8-11-25-23(15-21)17-41(40-25)33(36)37/h6-17,30,33H,1-5H3/t30-/m1/s1. The van der Waals surface area contributed by atoms with E-state index in [9.17, 15) is 13.6 Å². The second kappa shape index (κ2) is 11.5. The number of thiazole rings is 1. The van der Waals surface area contributed by atoms with Gasteiger partial charge in [0, 0.05) is 45.1 Å². The molecule has 0 amide bonds. The summed E-state index contributed by atoms with van der Waals surface area (Å²) in [6, 6.07) is 18.7. The average Bonchev–Trinajstić information content (AvgIpc) is 3.60. The minimum Gasteiger partial charge on any atom is -0.360 e. The van der Waals surface area contributed by atoms with Gasteiger partial charge in [-0.1, -0.05) is 29.8 Å². The lowest BCUT2D eigenvalue weighted by Gasteiger charge is -2.29. The second-order valence-corrected chi connectivity index (χ2v) is 13.1. The molecule has 3 aromatic carbocycles. The van der Waals surface area contributed by atoms with E-state index in [1.54, 1.807) is 25.3 Å². The van der Waals surface area contributed by atoms with Gasteiger partial charge in [0.25, 0.3) is 0 Å². The van der Waals surface area contributed by atoms with Gasteiger partial charge in [0.2, 0.25) is 0 Å². The first-order valence-electron chi connectivity index (χ1n) is 14.0. The summed E-state index contributed by atoms with van der Waals surface area (Å²) in [5.74, 6) is -0.0860. The molecular formula is C34H29ClF2N4O2S. The van der Waals surface area contributed by atoms with Crippen molar-refractivity contribution in [1.82, 2.24) is 19.7 Å². The molecule has 1 atom stereocenters. The monoisotopic (exact) mass is 630 g/mol. The van der Waals surface area contributed by atoms with Crippen LogP contribution in [0.5, 0.6) is 0 Å². The van der Waals surface area contributed by atoms with Crippen LogP contribution in [0.25, 0.3) is 54.1 Å². The topological polar surface area (TPSA) is 69.9 Å². The zero-order valence-corrected chi connectivity index (χ0v) is 26.3. The summed E-state index contributed by atoms with van der Waals surface area (Å²) < 4.78 is 34.3. The number of halogens is 3. The molecule has 6 rings (SSSR count). The number of rotatable bonds is 7. The predicted octanol–water partition coefficient (Wildman–Crippen LogP) is 9.84. The number of carbonyl (C=O) groups excluding carboxylic acids is 1. The van der Waals surface area contributed by atoms with Gasteiger partial charge in [-0.15, -0.1) is 11.3 Å². The van der Waals surface area contributed by atoms with E-state index in [0.717, 1.165) is 48.6 Å². The van der Waals surface area contributed by atoms with Gasteiger partial charge in [0.05, 0.1) is 27.0 Å². The summed E-state index contributed by atoms with van der Waals surface area (Å²) >= 11 is 7.78. The largest absolute Gasteiger partial charge is 0.360 e. The molecule has 0 unspecified atom stereocenters. The third-order valence-electron chi connectivity index (χ3n) is 7.19. The number of ketones is 1. The van der Waals surface area contributed by atoms with E-state index in [-0.39, 0.29) is 5.78 Å². The van der Waals surface area contributed by atoms with E-state index in [4.69, 9.17) is 21.3 Å². The number of pyridine rings is 1. The fourth-order valence-electron chi connectivity index (χ4n) is 5.30. The Morgan fingerprint density at radius 3 is 2.39 bits per heavy atom. The van der Waals surface area contributed by atoms with Crippen LogP contribution in [0.4, 0.5) is 8.78 Å². The molecule has 0 radical (unpaired) electrons. The molecule has 0 bridgehead atoms. The highest BCUT2D eigenvalue weighted by Crippen LogP contribution is 2.44. The van der Waals surface area contributed by atoms with Crippen molar-refractivity contribution in [2.24, 2.45) is 0 Å². The Labute approximate surface area is 262 Å². The Hall–Kier alpha value is -4.05. The predicted molar refractivity (Wildman–Crippen MR) is 172 cm³/mol. The molecule has 0 fully saturated rings. The number of benzene rings is 3. The summed E-state index contributed by atoms with van der Waals surface area (Å²) in [7, 11) is 0. The summed E-state index contributed by atoms with van der Waals surface area (Å²) in [6.45, 7) is 6.64. The highest BCUT2D eigenvalue weighted by atomic mass is 35.5. The number of ether oxygens (including phenoxy) is 1. The smallest absolute Gasteiger partial charge is 0.333 e. The Morgan fingerprint density at radius 2 is 1.70 bits per heavy atom. The Balaban J connectivity index is 1.50. The number of Topliss-reactive ketones (excluding diaryl/α,β-unsaturated/α-hetero) is 1. The lowest BCUT2D eigenvalue weighted by atomic mass is 9.90. The molecule has 224 valence electrons. The Morgan fingerprint density at radius 1 is 0.977 bits per heavy atom. The summed E-state index contributed by atoms with van der Waals surface area (Å²) in [5.41, 5.74) is 6.55. The maximum absolute atomic E-state index is 13.2. The summed E-state index contributed by atoms with van der Waals surface area (Å²) in [5, 5.41) is 5.92. The molecule has 3 heterocycles. The van der Waals surface area contributed by atoms with Gasteiger partial charge in [-0.2, -0.15) is 13.9 Å². The molecule has 6 nitrogen and oxygen atoms in total. The number of nitrogens with zero attached hydrogens (tertiary/aromatic N) is 4. The molecule has 0 spiro atoms. The Bertz CT molecular complexity index is 2030. The van der Waals surface area contributed by atoms with Gasteiger partial charge < -0.3 is 4.74 Å². The van der Waals surface area contributed by atoms with Gasteiger partial charge in [-0.25, -0.2) is 9.67 Å². The van der Waals surface area contributed by atoms with Crippen molar-refractivity contribution in [3.05, 3.63) is 89.2 Å². The second-order valence-electron chi connectivity index (χ2n) is 11.7. The van der Waals surface area contributed by atoms with Gasteiger partial charge >= 0.3 is 6.55 Å². The van der Waals surface area contributed by atoms with Crippen LogP contribution in [-0.4, -0.2) is 31.1 Å². The summed E-state index contributed by atoms with van der Waals surface area (Å²) in [6.07, 6.45) is 2.27. The van der Waals surface area contributed by atoms with Crippen molar-refractivity contribution >= 4 is 49.8 Å². The number of hydrogen-bond donors (Lipinski definition) is 0. The number of aromatic nitrogens is 4. The van der Waals surface area contributed by atoms with Gasteiger partial charge in [-0.05, 0) is 88.2 Å².